The van der Waals surface area contributed by atoms with Gasteiger partial charge < -0.3 is 10.1 Å². The number of carbonyl (C=O) groups excluding carboxylic acids is 1. The molecular weight excluding hydrogens is 245 g/mol. The molecule has 0 bridgehead atoms. The average Bonchev–Trinajstić information content (AvgIpc) is 2.45. The normalized spacial score (nSPS) is 16.1. The summed E-state index contributed by atoms with van der Waals surface area (Å²) in [6.45, 7) is 0. The average molecular weight is 265 g/mol. The van der Waals surface area contributed by atoms with Gasteiger partial charge in [0.15, 0.2) is 5.82 Å². The molecule has 1 aliphatic rings. The second kappa shape index (κ2) is 6.55. The SMILES string of the molecule is COc1ccc(CC2CCCCC2)c(F)c1NC=O. The lowest BCUT2D eigenvalue weighted by Crippen LogP contribution is -2.11. The van der Waals surface area contributed by atoms with Gasteiger partial charge in [-0.15, -0.1) is 0 Å². The molecule has 0 aliphatic heterocycles. The number of benzene rings is 1. The van der Waals surface area contributed by atoms with Crippen LogP contribution in [0.15, 0.2) is 12.1 Å². The summed E-state index contributed by atoms with van der Waals surface area (Å²) in [5.41, 5.74) is 0.808. The number of hydrogen-bond acceptors (Lipinski definition) is 2. The molecule has 1 aliphatic carbocycles. The van der Waals surface area contributed by atoms with Crippen LogP contribution in [0.3, 0.4) is 0 Å². The smallest absolute Gasteiger partial charge is 0.211 e. The van der Waals surface area contributed by atoms with E-state index in [0.29, 0.717) is 23.6 Å². The molecular formula is C15H20FNO2. The lowest BCUT2D eigenvalue weighted by atomic mass is 9.84. The van der Waals surface area contributed by atoms with Gasteiger partial charge in [0.1, 0.15) is 11.4 Å². The van der Waals surface area contributed by atoms with E-state index in [-0.39, 0.29) is 11.5 Å². The Labute approximate surface area is 113 Å². The minimum Gasteiger partial charge on any atom is -0.494 e. The number of anilines is 1. The number of nitrogens with one attached hydrogen (secondary N) is 1. The molecule has 2 rings (SSSR count). The molecule has 0 atom stereocenters. The van der Waals surface area contributed by atoms with Crippen LogP contribution in [-0.4, -0.2) is 13.5 Å². The van der Waals surface area contributed by atoms with Gasteiger partial charge in [0.05, 0.1) is 7.11 Å². The van der Waals surface area contributed by atoms with E-state index in [1.54, 1.807) is 12.1 Å². The highest BCUT2D eigenvalue weighted by molar-refractivity contribution is 5.76. The van der Waals surface area contributed by atoms with Gasteiger partial charge in [-0.1, -0.05) is 38.2 Å². The van der Waals surface area contributed by atoms with Crippen molar-refractivity contribution in [1.82, 2.24) is 0 Å². The van der Waals surface area contributed by atoms with Crippen LogP contribution in [-0.2, 0) is 11.2 Å². The van der Waals surface area contributed by atoms with Gasteiger partial charge >= 0.3 is 0 Å². The Morgan fingerprint density at radius 3 is 2.74 bits per heavy atom. The molecule has 0 radical (unpaired) electrons. The van der Waals surface area contributed by atoms with E-state index in [9.17, 15) is 9.18 Å². The second-order valence-corrected chi connectivity index (χ2v) is 5.09. The summed E-state index contributed by atoms with van der Waals surface area (Å²) in [6, 6.07) is 3.48. The summed E-state index contributed by atoms with van der Waals surface area (Å²) >= 11 is 0. The van der Waals surface area contributed by atoms with Crippen LogP contribution in [0, 0.1) is 11.7 Å². The first kappa shape index (κ1) is 13.8. The number of carbonyl (C=O) groups is 1. The van der Waals surface area contributed by atoms with Crippen molar-refractivity contribution in [1.29, 1.82) is 0 Å². The van der Waals surface area contributed by atoms with Crippen LogP contribution in [0.1, 0.15) is 37.7 Å². The van der Waals surface area contributed by atoms with Crippen molar-refractivity contribution in [3.05, 3.63) is 23.5 Å². The first-order valence-corrected chi connectivity index (χ1v) is 6.81. The quantitative estimate of drug-likeness (QED) is 0.827. The molecule has 19 heavy (non-hydrogen) atoms. The predicted octanol–water partition coefficient (Wildman–Crippen LogP) is 3.53. The summed E-state index contributed by atoms with van der Waals surface area (Å²) in [6.07, 6.45) is 7.32. The number of rotatable bonds is 5. The number of methoxy groups -OCH3 is 1. The van der Waals surface area contributed by atoms with Crippen LogP contribution >= 0.6 is 0 Å². The van der Waals surface area contributed by atoms with Crippen molar-refractivity contribution < 1.29 is 13.9 Å². The van der Waals surface area contributed by atoms with Gasteiger partial charge in [-0.3, -0.25) is 4.79 Å². The van der Waals surface area contributed by atoms with E-state index in [2.05, 4.69) is 5.32 Å². The maximum atomic E-state index is 14.4. The molecule has 3 nitrogen and oxygen atoms in total. The Morgan fingerprint density at radius 2 is 2.11 bits per heavy atom. The van der Waals surface area contributed by atoms with Gasteiger partial charge in [0.2, 0.25) is 6.41 Å². The third kappa shape index (κ3) is 3.25. The minimum atomic E-state index is -0.364. The van der Waals surface area contributed by atoms with Crippen LogP contribution in [0.25, 0.3) is 0 Å². The molecule has 1 fully saturated rings. The first-order valence-electron chi connectivity index (χ1n) is 6.81. The maximum Gasteiger partial charge on any atom is 0.211 e. The topological polar surface area (TPSA) is 38.3 Å². The third-order valence-electron chi connectivity index (χ3n) is 3.84. The van der Waals surface area contributed by atoms with Crippen molar-refractivity contribution in [2.45, 2.75) is 38.5 Å². The molecule has 0 saturated heterocycles. The highest BCUT2D eigenvalue weighted by atomic mass is 19.1. The number of amides is 1. The second-order valence-electron chi connectivity index (χ2n) is 5.09. The fraction of sp³-hybridized carbons (Fsp3) is 0.533. The Kier molecular flexibility index (Phi) is 4.77. The molecule has 1 aromatic rings. The van der Waals surface area contributed by atoms with Crippen molar-refractivity contribution >= 4 is 12.1 Å². The number of halogens is 1. The first-order chi connectivity index (χ1) is 9.26. The van der Waals surface area contributed by atoms with Crippen LogP contribution in [0.2, 0.25) is 0 Å². The molecule has 1 aromatic carbocycles. The zero-order chi connectivity index (χ0) is 13.7. The number of hydrogen-bond donors (Lipinski definition) is 1. The lowest BCUT2D eigenvalue weighted by molar-refractivity contribution is -0.105. The Balaban J connectivity index is 2.20. The predicted molar refractivity (Wildman–Crippen MR) is 72.9 cm³/mol. The van der Waals surface area contributed by atoms with Gasteiger partial charge in [-0.05, 0) is 24.0 Å². The molecule has 0 spiro atoms. The summed E-state index contributed by atoms with van der Waals surface area (Å²) in [4.78, 5) is 10.6. The fourth-order valence-electron chi connectivity index (χ4n) is 2.82. The van der Waals surface area contributed by atoms with E-state index in [1.807, 2.05) is 0 Å². The largest absolute Gasteiger partial charge is 0.494 e. The number of ether oxygens (including phenoxy) is 1. The minimum absolute atomic E-state index is 0.144. The van der Waals surface area contributed by atoms with Gasteiger partial charge in [-0.25, -0.2) is 4.39 Å². The zero-order valence-corrected chi connectivity index (χ0v) is 11.2. The van der Waals surface area contributed by atoms with Crippen molar-refractivity contribution in [3.8, 4) is 5.75 Å². The van der Waals surface area contributed by atoms with E-state index in [4.69, 9.17) is 4.74 Å². The maximum absolute atomic E-state index is 14.4. The molecule has 0 unspecified atom stereocenters. The lowest BCUT2D eigenvalue weighted by Gasteiger charge is -2.22. The third-order valence-corrected chi connectivity index (χ3v) is 3.84. The van der Waals surface area contributed by atoms with E-state index < -0.39 is 0 Å². The Morgan fingerprint density at radius 1 is 1.37 bits per heavy atom. The Bertz CT molecular complexity index is 442. The van der Waals surface area contributed by atoms with Crippen LogP contribution in [0.4, 0.5) is 10.1 Å². The van der Waals surface area contributed by atoms with E-state index >= 15 is 0 Å². The van der Waals surface area contributed by atoms with Crippen molar-refractivity contribution in [2.24, 2.45) is 5.92 Å². The van der Waals surface area contributed by atoms with Crippen molar-refractivity contribution in [2.75, 3.05) is 12.4 Å². The monoisotopic (exact) mass is 265 g/mol. The molecule has 4 heteroatoms. The van der Waals surface area contributed by atoms with Crippen LogP contribution < -0.4 is 10.1 Å². The summed E-state index contributed by atoms with van der Waals surface area (Å²) < 4.78 is 19.4. The van der Waals surface area contributed by atoms with Gasteiger partial charge in [-0.2, -0.15) is 0 Å². The highest BCUT2D eigenvalue weighted by Crippen LogP contribution is 2.33. The summed E-state index contributed by atoms with van der Waals surface area (Å²) in [7, 11) is 1.46. The van der Waals surface area contributed by atoms with Gasteiger partial charge in [0.25, 0.3) is 0 Å². The zero-order valence-electron chi connectivity index (χ0n) is 11.2. The van der Waals surface area contributed by atoms with Crippen LogP contribution in [0.5, 0.6) is 5.75 Å². The molecule has 104 valence electrons. The molecule has 1 N–H and O–H groups in total. The van der Waals surface area contributed by atoms with Gasteiger partial charge in [0, 0.05) is 0 Å². The molecule has 1 saturated carbocycles. The fourth-order valence-corrected chi connectivity index (χ4v) is 2.82. The molecule has 0 aromatic heterocycles. The summed E-state index contributed by atoms with van der Waals surface area (Å²) in [5, 5.41) is 2.39. The van der Waals surface area contributed by atoms with Crippen molar-refractivity contribution in [3.63, 3.8) is 0 Å². The van der Waals surface area contributed by atoms with E-state index in [0.717, 1.165) is 6.42 Å². The molecule has 1 amide bonds. The molecule has 0 heterocycles. The Hall–Kier alpha value is -1.58. The highest BCUT2D eigenvalue weighted by Gasteiger charge is 2.19. The van der Waals surface area contributed by atoms with E-state index in [1.165, 1.54) is 39.2 Å². The standard InChI is InChI=1S/C15H20FNO2/c1-19-13-8-7-12(14(16)15(13)17-10-18)9-11-5-3-2-4-6-11/h7-8,10-11H,2-6,9H2,1H3,(H,17,18). The summed E-state index contributed by atoms with van der Waals surface area (Å²) in [5.74, 6) is 0.551.